The van der Waals surface area contributed by atoms with E-state index in [0.717, 1.165) is 38.6 Å². The van der Waals surface area contributed by atoms with E-state index in [1.807, 2.05) is 13.0 Å². The van der Waals surface area contributed by atoms with Crippen molar-refractivity contribution in [2.75, 3.05) is 13.1 Å². The molecule has 2 N–H and O–H groups in total. The van der Waals surface area contributed by atoms with Gasteiger partial charge < -0.3 is 15.3 Å². The van der Waals surface area contributed by atoms with Gasteiger partial charge in [-0.05, 0) is 39.0 Å². The van der Waals surface area contributed by atoms with Crippen LogP contribution in [0.4, 0.5) is 4.79 Å². The third-order valence-corrected chi connectivity index (χ3v) is 3.10. The molecule has 4 nitrogen and oxygen atoms in total. The van der Waals surface area contributed by atoms with Gasteiger partial charge in [0.15, 0.2) is 0 Å². The lowest BCUT2D eigenvalue weighted by Crippen LogP contribution is -2.49. The molecule has 0 bridgehead atoms. The summed E-state index contributed by atoms with van der Waals surface area (Å²) in [6, 6.07) is 0.136. The lowest BCUT2D eigenvalue weighted by Gasteiger charge is -2.31. The van der Waals surface area contributed by atoms with E-state index in [1.54, 1.807) is 4.90 Å². The van der Waals surface area contributed by atoms with Crippen LogP contribution in [0.25, 0.3) is 0 Å². The predicted octanol–water partition coefficient (Wildman–Crippen LogP) is 1.90. The molecule has 1 heterocycles. The van der Waals surface area contributed by atoms with Gasteiger partial charge in [-0.1, -0.05) is 6.08 Å². The molecule has 4 heteroatoms. The Hall–Kier alpha value is -1.03. The van der Waals surface area contributed by atoms with E-state index in [9.17, 15) is 9.90 Å². The van der Waals surface area contributed by atoms with Crippen LogP contribution < -0.4 is 5.32 Å². The van der Waals surface area contributed by atoms with Crippen LogP contribution in [0.2, 0.25) is 0 Å². The topological polar surface area (TPSA) is 52.6 Å². The number of piperidine rings is 1. The second-order valence-electron chi connectivity index (χ2n) is 4.81. The van der Waals surface area contributed by atoms with Crippen molar-refractivity contribution in [1.29, 1.82) is 0 Å². The number of unbranched alkanes of at least 4 members (excludes halogenated alkanes) is 1. The molecule has 98 valence electrons. The number of rotatable bonds is 5. The number of hydrogen-bond acceptors (Lipinski definition) is 2. The smallest absolute Gasteiger partial charge is 0.317 e. The van der Waals surface area contributed by atoms with Gasteiger partial charge in [-0.15, -0.1) is 6.58 Å². The molecule has 1 aliphatic rings. The Balaban J connectivity index is 2.25. The SMILES string of the molecule is C=CCCCC(C)NC(=O)N1CCCC(O)C1. The number of nitrogens with zero attached hydrogens (tertiary/aromatic N) is 1. The summed E-state index contributed by atoms with van der Waals surface area (Å²) in [5, 5.41) is 12.5. The zero-order valence-electron chi connectivity index (χ0n) is 10.7. The van der Waals surface area contributed by atoms with Crippen LogP contribution in [-0.4, -0.2) is 41.3 Å². The van der Waals surface area contributed by atoms with Gasteiger partial charge in [-0.2, -0.15) is 0 Å². The maximum Gasteiger partial charge on any atom is 0.317 e. The summed E-state index contributed by atoms with van der Waals surface area (Å²) in [7, 11) is 0. The van der Waals surface area contributed by atoms with Crippen LogP contribution in [0.1, 0.15) is 39.0 Å². The van der Waals surface area contributed by atoms with Crippen molar-refractivity contribution in [2.45, 2.75) is 51.2 Å². The summed E-state index contributed by atoms with van der Waals surface area (Å²) >= 11 is 0. The van der Waals surface area contributed by atoms with Crippen molar-refractivity contribution in [3.63, 3.8) is 0 Å². The summed E-state index contributed by atoms with van der Waals surface area (Å²) in [4.78, 5) is 13.6. The van der Waals surface area contributed by atoms with Crippen LogP contribution in [0.5, 0.6) is 0 Å². The molecule has 0 aromatic carbocycles. The number of urea groups is 1. The van der Waals surface area contributed by atoms with E-state index in [2.05, 4.69) is 11.9 Å². The molecular weight excluding hydrogens is 216 g/mol. The molecule has 0 aromatic heterocycles. The molecule has 1 aliphatic heterocycles. The largest absolute Gasteiger partial charge is 0.391 e. The maximum absolute atomic E-state index is 11.9. The van der Waals surface area contributed by atoms with Crippen molar-refractivity contribution in [3.05, 3.63) is 12.7 Å². The quantitative estimate of drug-likeness (QED) is 0.569. The van der Waals surface area contributed by atoms with Gasteiger partial charge in [0.05, 0.1) is 6.10 Å². The van der Waals surface area contributed by atoms with Gasteiger partial charge in [0.2, 0.25) is 0 Å². The highest BCUT2D eigenvalue weighted by atomic mass is 16.3. The lowest BCUT2D eigenvalue weighted by molar-refractivity contribution is 0.0834. The molecule has 1 saturated heterocycles. The Bertz CT molecular complexity index is 256. The van der Waals surface area contributed by atoms with E-state index in [1.165, 1.54) is 0 Å². The minimum absolute atomic E-state index is 0.0464. The summed E-state index contributed by atoms with van der Waals surface area (Å²) in [5.74, 6) is 0. The number of nitrogens with one attached hydrogen (secondary N) is 1. The first-order valence-corrected chi connectivity index (χ1v) is 6.48. The standard InChI is InChI=1S/C13H24N2O2/c1-3-4-5-7-11(2)14-13(17)15-9-6-8-12(16)10-15/h3,11-12,16H,1,4-10H2,2H3,(H,14,17). The van der Waals surface area contributed by atoms with Gasteiger partial charge in [-0.3, -0.25) is 0 Å². The first kappa shape index (κ1) is 14.0. The Kier molecular flexibility index (Phi) is 6.05. The van der Waals surface area contributed by atoms with Crippen molar-refractivity contribution < 1.29 is 9.90 Å². The number of carbonyl (C=O) groups is 1. The average molecular weight is 240 g/mol. The summed E-state index contributed by atoms with van der Waals surface area (Å²) in [6.07, 6.45) is 6.24. The molecular formula is C13H24N2O2. The molecule has 17 heavy (non-hydrogen) atoms. The van der Waals surface area contributed by atoms with Gasteiger partial charge >= 0.3 is 6.03 Å². The fourth-order valence-electron chi connectivity index (χ4n) is 2.08. The zero-order valence-corrected chi connectivity index (χ0v) is 10.7. The van der Waals surface area contributed by atoms with Gasteiger partial charge in [0, 0.05) is 19.1 Å². The van der Waals surface area contributed by atoms with Gasteiger partial charge in [-0.25, -0.2) is 4.79 Å². The number of amides is 2. The second kappa shape index (κ2) is 7.33. The highest BCUT2D eigenvalue weighted by Crippen LogP contribution is 2.10. The monoisotopic (exact) mass is 240 g/mol. The number of aliphatic hydroxyl groups excluding tert-OH is 1. The van der Waals surface area contributed by atoms with Crippen LogP contribution in [-0.2, 0) is 0 Å². The van der Waals surface area contributed by atoms with E-state index >= 15 is 0 Å². The highest BCUT2D eigenvalue weighted by molar-refractivity contribution is 5.74. The number of β-amino-alcohol motifs (C(OH)–C–C–N with tert-alkyl or cyclic N) is 1. The Labute approximate surface area is 104 Å². The van der Waals surface area contributed by atoms with Gasteiger partial charge in [0.25, 0.3) is 0 Å². The zero-order chi connectivity index (χ0) is 12.7. The predicted molar refractivity (Wildman–Crippen MR) is 68.9 cm³/mol. The Morgan fingerprint density at radius 3 is 3.12 bits per heavy atom. The van der Waals surface area contributed by atoms with E-state index in [-0.39, 0.29) is 18.2 Å². The third kappa shape index (κ3) is 5.22. The maximum atomic E-state index is 11.9. The van der Waals surface area contributed by atoms with Crippen LogP contribution in [0.15, 0.2) is 12.7 Å². The van der Waals surface area contributed by atoms with Crippen molar-refractivity contribution in [2.24, 2.45) is 0 Å². The Morgan fingerprint density at radius 1 is 1.71 bits per heavy atom. The molecule has 0 aliphatic carbocycles. The number of carbonyl (C=O) groups excluding carboxylic acids is 1. The Morgan fingerprint density at radius 2 is 2.47 bits per heavy atom. The molecule has 0 spiro atoms. The molecule has 0 aromatic rings. The normalized spacial score (nSPS) is 22.0. The fraction of sp³-hybridized carbons (Fsp3) is 0.769. The molecule has 2 atom stereocenters. The molecule has 1 fully saturated rings. The van der Waals surface area contributed by atoms with Crippen LogP contribution in [0.3, 0.4) is 0 Å². The first-order valence-electron chi connectivity index (χ1n) is 6.48. The molecule has 0 saturated carbocycles. The van der Waals surface area contributed by atoms with Crippen molar-refractivity contribution in [3.8, 4) is 0 Å². The van der Waals surface area contributed by atoms with E-state index in [4.69, 9.17) is 0 Å². The third-order valence-electron chi connectivity index (χ3n) is 3.10. The highest BCUT2D eigenvalue weighted by Gasteiger charge is 2.22. The van der Waals surface area contributed by atoms with Gasteiger partial charge in [0.1, 0.15) is 0 Å². The molecule has 1 rings (SSSR count). The summed E-state index contributed by atoms with van der Waals surface area (Å²) < 4.78 is 0. The van der Waals surface area contributed by atoms with E-state index < -0.39 is 0 Å². The van der Waals surface area contributed by atoms with Crippen LogP contribution in [0, 0.1) is 0 Å². The molecule has 2 unspecified atom stereocenters. The van der Waals surface area contributed by atoms with Crippen molar-refractivity contribution >= 4 is 6.03 Å². The number of allylic oxidation sites excluding steroid dienone is 1. The lowest BCUT2D eigenvalue weighted by atomic mass is 10.1. The minimum atomic E-state index is -0.356. The minimum Gasteiger partial charge on any atom is -0.391 e. The average Bonchev–Trinajstić information content (AvgIpc) is 2.29. The molecule has 2 amide bonds. The number of hydrogen-bond donors (Lipinski definition) is 2. The summed E-state index contributed by atoms with van der Waals surface area (Å²) in [5.41, 5.74) is 0. The number of likely N-dealkylation sites (tertiary alicyclic amines) is 1. The first-order chi connectivity index (χ1) is 8.13. The van der Waals surface area contributed by atoms with E-state index in [0.29, 0.717) is 6.54 Å². The van der Waals surface area contributed by atoms with Crippen molar-refractivity contribution in [1.82, 2.24) is 10.2 Å². The van der Waals surface area contributed by atoms with Crippen LogP contribution >= 0.6 is 0 Å². The fourth-order valence-corrected chi connectivity index (χ4v) is 2.08. The second-order valence-corrected chi connectivity index (χ2v) is 4.81. The number of aliphatic hydroxyl groups is 1. The summed E-state index contributed by atoms with van der Waals surface area (Å²) in [6.45, 7) is 6.91. The molecule has 0 radical (unpaired) electrons.